The summed E-state index contributed by atoms with van der Waals surface area (Å²) in [5.41, 5.74) is 0.921. The van der Waals surface area contributed by atoms with Crippen LogP contribution in [0, 0.1) is 0 Å². The number of likely N-dealkylation sites (tertiary alicyclic amines) is 1. The normalized spacial score (nSPS) is 17.5. The summed E-state index contributed by atoms with van der Waals surface area (Å²) in [4.78, 5) is 21.5. The van der Waals surface area contributed by atoms with E-state index in [1.165, 1.54) is 32.4 Å². The summed E-state index contributed by atoms with van der Waals surface area (Å²) < 4.78 is 5.52. The minimum absolute atomic E-state index is 0. The summed E-state index contributed by atoms with van der Waals surface area (Å²) in [6, 6.07) is 7.71. The van der Waals surface area contributed by atoms with E-state index in [0.717, 1.165) is 43.5 Å². The molecular weight excluding hydrogens is 505 g/mol. The van der Waals surface area contributed by atoms with Crippen molar-refractivity contribution in [2.75, 3.05) is 50.8 Å². The number of aliphatic imine (C=N–C) groups is 1. The number of amides is 1. The third kappa shape index (κ3) is 7.24. The van der Waals surface area contributed by atoms with Crippen molar-refractivity contribution in [3.8, 4) is 5.75 Å². The Kier molecular flexibility index (Phi) is 10.3. The van der Waals surface area contributed by atoms with Gasteiger partial charge in [-0.2, -0.15) is 0 Å². The molecule has 0 spiro atoms. The second kappa shape index (κ2) is 12.5. The van der Waals surface area contributed by atoms with E-state index in [0.29, 0.717) is 6.54 Å². The number of nitrogens with one attached hydrogen (secondary N) is 2. The molecule has 1 aromatic carbocycles. The zero-order valence-electron chi connectivity index (χ0n) is 19.2. The van der Waals surface area contributed by atoms with Crippen LogP contribution in [0.1, 0.15) is 46.5 Å². The lowest BCUT2D eigenvalue weighted by Gasteiger charge is -2.40. The van der Waals surface area contributed by atoms with E-state index in [-0.39, 0.29) is 42.0 Å². The molecule has 2 heterocycles. The third-order valence-corrected chi connectivity index (χ3v) is 5.84. The predicted octanol–water partition coefficient (Wildman–Crippen LogP) is 3.24. The van der Waals surface area contributed by atoms with Gasteiger partial charge in [-0.15, -0.1) is 24.0 Å². The largest absolute Gasteiger partial charge is 0.482 e. The van der Waals surface area contributed by atoms with Crippen molar-refractivity contribution in [3.05, 3.63) is 24.3 Å². The molecule has 8 heteroatoms. The summed E-state index contributed by atoms with van der Waals surface area (Å²) in [6.07, 6.45) is 4.75. The molecule has 2 aliphatic rings. The highest BCUT2D eigenvalue weighted by molar-refractivity contribution is 14.0. The van der Waals surface area contributed by atoms with Crippen molar-refractivity contribution in [1.82, 2.24) is 15.5 Å². The first-order valence-electron chi connectivity index (χ1n) is 11.3. The molecule has 174 valence electrons. The summed E-state index contributed by atoms with van der Waals surface area (Å²) in [6.45, 7) is 12.1. The number of rotatable bonds is 8. The Morgan fingerprint density at radius 2 is 1.90 bits per heavy atom. The molecule has 2 aliphatic heterocycles. The number of guanidine groups is 1. The maximum Gasteiger partial charge on any atom is 0.265 e. The van der Waals surface area contributed by atoms with E-state index < -0.39 is 0 Å². The smallest absolute Gasteiger partial charge is 0.265 e. The quantitative estimate of drug-likeness (QED) is 0.228. The Morgan fingerprint density at radius 3 is 2.65 bits per heavy atom. The SMILES string of the molecule is CCNC(=NCC(C)(C)N1CCCCC1)NCCCN1C(=O)COc2ccccc21.I. The summed E-state index contributed by atoms with van der Waals surface area (Å²) >= 11 is 0. The first-order chi connectivity index (χ1) is 14.5. The number of piperidine rings is 1. The Morgan fingerprint density at radius 1 is 1.16 bits per heavy atom. The van der Waals surface area contributed by atoms with Crippen molar-refractivity contribution in [2.24, 2.45) is 4.99 Å². The number of hydrogen-bond acceptors (Lipinski definition) is 4. The second-order valence-corrected chi connectivity index (χ2v) is 8.64. The molecule has 0 radical (unpaired) electrons. The Bertz CT molecular complexity index is 734. The van der Waals surface area contributed by atoms with Gasteiger partial charge in [-0.1, -0.05) is 18.6 Å². The van der Waals surface area contributed by atoms with Crippen LogP contribution in [0.4, 0.5) is 5.69 Å². The molecule has 0 unspecified atom stereocenters. The van der Waals surface area contributed by atoms with Crippen LogP contribution in [-0.4, -0.2) is 68.2 Å². The van der Waals surface area contributed by atoms with Crippen LogP contribution >= 0.6 is 24.0 Å². The second-order valence-electron chi connectivity index (χ2n) is 8.64. The van der Waals surface area contributed by atoms with Crippen molar-refractivity contribution in [2.45, 2.75) is 52.0 Å². The van der Waals surface area contributed by atoms with E-state index in [2.05, 4.69) is 36.3 Å². The number of benzene rings is 1. The minimum Gasteiger partial charge on any atom is -0.482 e. The van der Waals surface area contributed by atoms with Gasteiger partial charge in [0.05, 0.1) is 12.2 Å². The molecule has 2 N–H and O–H groups in total. The average molecular weight is 543 g/mol. The molecule has 1 amide bonds. The number of hydrogen-bond donors (Lipinski definition) is 2. The molecule has 1 saturated heterocycles. The number of nitrogens with zero attached hydrogens (tertiary/aromatic N) is 3. The number of ether oxygens (including phenoxy) is 1. The van der Waals surface area contributed by atoms with Crippen LogP contribution in [0.25, 0.3) is 0 Å². The Hall–Kier alpha value is -1.55. The molecule has 3 rings (SSSR count). The Balaban J connectivity index is 0.00000341. The third-order valence-electron chi connectivity index (χ3n) is 5.84. The van der Waals surface area contributed by atoms with Gasteiger partial charge in [0, 0.05) is 25.2 Å². The fraction of sp³-hybridized carbons (Fsp3) is 0.652. The number of anilines is 1. The number of halogens is 1. The van der Waals surface area contributed by atoms with E-state index in [1.54, 1.807) is 0 Å². The molecule has 0 saturated carbocycles. The summed E-state index contributed by atoms with van der Waals surface area (Å²) in [5.74, 6) is 1.63. The molecule has 31 heavy (non-hydrogen) atoms. The molecule has 0 aromatic heterocycles. The van der Waals surface area contributed by atoms with E-state index in [9.17, 15) is 4.79 Å². The van der Waals surface area contributed by atoms with Gasteiger partial charge in [0.1, 0.15) is 5.75 Å². The minimum atomic E-state index is 0. The maximum absolute atomic E-state index is 12.3. The first kappa shape index (κ1) is 25.7. The van der Waals surface area contributed by atoms with Gasteiger partial charge in [-0.05, 0) is 65.3 Å². The van der Waals surface area contributed by atoms with Crippen molar-refractivity contribution in [3.63, 3.8) is 0 Å². The standard InChI is InChI=1S/C23H37N5O2.HI/c1-4-24-22(26-18-23(2,3)27-14-8-5-9-15-27)25-13-10-16-28-19-11-6-7-12-20(19)30-17-21(28)29;/h6-7,11-12H,4-5,8-10,13-18H2,1-3H3,(H2,24,25,26);1H. The lowest BCUT2D eigenvalue weighted by atomic mass is 9.99. The lowest BCUT2D eigenvalue weighted by Crippen LogP contribution is -2.49. The van der Waals surface area contributed by atoms with Crippen molar-refractivity contribution < 1.29 is 9.53 Å². The van der Waals surface area contributed by atoms with Crippen LogP contribution in [-0.2, 0) is 4.79 Å². The van der Waals surface area contributed by atoms with Crippen LogP contribution in [0.5, 0.6) is 5.75 Å². The van der Waals surface area contributed by atoms with Crippen molar-refractivity contribution in [1.29, 1.82) is 0 Å². The fourth-order valence-corrected chi connectivity index (χ4v) is 4.06. The molecule has 0 aliphatic carbocycles. The van der Waals surface area contributed by atoms with E-state index in [1.807, 2.05) is 29.2 Å². The molecule has 7 nitrogen and oxygen atoms in total. The molecular formula is C23H38IN5O2. The Labute approximate surface area is 204 Å². The van der Waals surface area contributed by atoms with Gasteiger partial charge >= 0.3 is 0 Å². The highest BCUT2D eigenvalue weighted by atomic mass is 127. The van der Waals surface area contributed by atoms with Crippen LogP contribution in [0.15, 0.2) is 29.3 Å². The van der Waals surface area contributed by atoms with Gasteiger partial charge in [-0.3, -0.25) is 14.7 Å². The number of carbonyl (C=O) groups excluding carboxylic acids is 1. The van der Waals surface area contributed by atoms with Gasteiger partial charge in [0.15, 0.2) is 12.6 Å². The van der Waals surface area contributed by atoms with Crippen LogP contribution < -0.4 is 20.3 Å². The highest BCUT2D eigenvalue weighted by Crippen LogP contribution is 2.31. The first-order valence-corrected chi connectivity index (χ1v) is 11.3. The van der Waals surface area contributed by atoms with Crippen LogP contribution in [0.2, 0.25) is 0 Å². The van der Waals surface area contributed by atoms with Gasteiger partial charge in [-0.25, -0.2) is 0 Å². The number of carbonyl (C=O) groups is 1. The number of fused-ring (bicyclic) bond motifs is 1. The summed E-state index contributed by atoms with van der Waals surface area (Å²) in [7, 11) is 0. The molecule has 0 atom stereocenters. The topological polar surface area (TPSA) is 69.2 Å². The number of para-hydroxylation sites is 2. The molecule has 0 bridgehead atoms. The summed E-state index contributed by atoms with van der Waals surface area (Å²) in [5, 5.41) is 6.77. The van der Waals surface area contributed by atoms with Gasteiger partial charge in [0.2, 0.25) is 0 Å². The molecule has 1 aromatic rings. The van der Waals surface area contributed by atoms with E-state index in [4.69, 9.17) is 9.73 Å². The van der Waals surface area contributed by atoms with Crippen LogP contribution in [0.3, 0.4) is 0 Å². The van der Waals surface area contributed by atoms with Crippen molar-refractivity contribution >= 4 is 41.5 Å². The molecule has 1 fully saturated rings. The fourth-order valence-electron chi connectivity index (χ4n) is 4.06. The monoisotopic (exact) mass is 543 g/mol. The average Bonchev–Trinajstić information content (AvgIpc) is 2.76. The zero-order chi connectivity index (χ0) is 21.4. The lowest BCUT2D eigenvalue weighted by molar-refractivity contribution is -0.121. The van der Waals surface area contributed by atoms with Gasteiger partial charge < -0.3 is 20.3 Å². The maximum atomic E-state index is 12.3. The predicted molar refractivity (Wildman–Crippen MR) is 138 cm³/mol. The van der Waals surface area contributed by atoms with Gasteiger partial charge in [0.25, 0.3) is 5.91 Å². The highest BCUT2D eigenvalue weighted by Gasteiger charge is 2.28. The zero-order valence-corrected chi connectivity index (χ0v) is 21.5. The van der Waals surface area contributed by atoms with E-state index >= 15 is 0 Å².